The number of hydrogen-bond acceptors (Lipinski definition) is 6. The van der Waals surface area contributed by atoms with Crippen molar-refractivity contribution in [3.63, 3.8) is 0 Å². The summed E-state index contributed by atoms with van der Waals surface area (Å²) in [6.07, 6.45) is 1.41. The summed E-state index contributed by atoms with van der Waals surface area (Å²) in [7, 11) is 1.67. The highest BCUT2D eigenvalue weighted by Crippen LogP contribution is 2.21. The molecule has 0 radical (unpaired) electrons. The number of ether oxygens (including phenoxy) is 1. The Labute approximate surface area is 131 Å². The molecule has 0 aromatic carbocycles. The van der Waals surface area contributed by atoms with Crippen LogP contribution in [-0.4, -0.2) is 61.2 Å². The van der Waals surface area contributed by atoms with Gasteiger partial charge >= 0.3 is 0 Å². The van der Waals surface area contributed by atoms with Gasteiger partial charge in [-0.1, -0.05) is 6.92 Å². The van der Waals surface area contributed by atoms with Gasteiger partial charge < -0.3 is 14.5 Å². The highest BCUT2D eigenvalue weighted by Gasteiger charge is 2.16. The summed E-state index contributed by atoms with van der Waals surface area (Å²) in [5, 5.41) is 10.0. The molecule has 0 N–H and O–H groups in total. The SMILES string of the molecule is CCN1CCN(CCc2nc(COC)c(CC#N)s2)CC1. The predicted octanol–water partition coefficient (Wildman–Crippen LogP) is 1.54. The first-order valence-electron chi connectivity index (χ1n) is 7.54. The minimum Gasteiger partial charge on any atom is -0.378 e. The van der Waals surface area contributed by atoms with Crippen molar-refractivity contribution in [2.75, 3.05) is 46.4 Å². The lowest BCUT2D eigenvalue weighted by atomic mass is 10.3. The molecule has 1 aromatic heterocycles. The molecule has 21 heavy (non-hydrogen) atoms. The van der Waals surface area contributed by atoms with E-state index in [2.05, 4.69) is 27.8 Å². The van der Waals surface area contributed by atoms with Crippen LogP contribution in [0.1, 0.15) is 22.5 Å². The highest BCUT2D eigenvalue weighted by atomic mass is 32.1. The zero-order valence-electron chi connectivity index (χ0n) is 13.0. The molecule has 0 atom stereocenters. The third-order valence-corrected chi connectivity index (χ3v) is 5.05. The monoisotopic (exact) mass is 308 g/mol. The highest BCUT2D eigenvalue weighted by molar-refractivity contribution is 7.11. The van der Waals surface area contributed by atoms with E-state index in [-0.39, 0.29) is 0 Å². The number of nitriles is 1. The fourth-order valence-corrected chi connectivity index (χ4v) is 3.58. The van der Waals surface area contributed by atoms with Crippen LogP contribution in [0.5, 0.6) is 0 Å². The smallest absolute Gasteiger partial charge is 0.0945 e. The minimum atomic E-state index is 0.436. The maximum Gasteiger partial charge on any atom is 0.0945 e. The molecule has 2 rings (SSSR count). The summed E-state index contributed by atoms with van der Waals surface area (Å²) in [5.41, 5.74) is 0.940. The van der Waals surface area contributed by atoms with Crippen LogP contribution in [-0.2, 0) is 24.2 Å². The van der Waals surface area contributed by atoms with E-state index in [9.17, 15) is 0 Å². The van der Waals surface area contributed by atoms with E-state index >= 15 is 0 Å². The second-order valence-electron chi connectivity index (χ2n) is 5.27. The van der Waals surface area contributed by atoms with Gasteiger partial charge in [0.05, 0.1) is 29.8 Å². The van der Waals surface area contributed by atoms with Crippen LogP contribution in [0.25, 0.3) is 0 Å². The summed E-state index contributed by atoms with van der Waals surface area (Å²) >= 11 is 1.67. The van der Waals surface area contributed by atoms with Crippen molar-refractivity contribution >= 4 is 11.3 Å². The van der Waals surface area contributed by atoms with Gasteiger partial charge in [0.25, 0.3) is 0 Å². The molecular formula is C15H24N4OS. The number of likely N-dealkylation sites (N-methyl/N-ethyl adjacent to an activating group) is 1. The van der Waals surface area contributed by atoms with Gasteiger partial charge in [-0.3, -0.25) is 0 Å². The summed E-state index contributed by atoms with van der Waals surface area (Å²) in [5.74, 6) is 0. The van der Waals surface area contributed by atoms with E-state index < -0.39 is 0 Å². The second-order valence-corrected chi connectivity index (χ2v) is 6.44. The minimum absolute atomic E-state index is 0.436. The molecule has 116 valence electrons. The molecule has 0 aliphatic carbocycles. The average Bonchev–Trinajstić information content (AvgIpc) is 2.89. The number of piperazine rings is 1. The molecule has 0 unspecified atom stereocenters. The number of thiazole rings is 1. The number of rotatable bonds is 7. The van der Waals surface area contributed by atoms with E-state index in [0.717, 1.165) is 48.2 Å². The molecule has 0 bridgehead atoms. The number of nitrogens with zero attached hydrogens (tertiary/aromatic N) is 4. The molecule has 1 fully saturated rings. The standard InChI is InChI=1S/C15H24N4OS/c1-3-18-8-10-19(11-9-18)7-5-15-17-13(12-20-2)14(21-15)4-6-16/h3-5,7-12H2,1-2H3. The quantitative estimate of drug-likeness (QED) is 0.765. The van der Waals surface area contributed by atoms with Gasteiger partial charge in [-0.15, -0.1) is 11.3 Å². The van der Waals surface area contributed by atoms with Crippen LogP contribution in [0.15, 0.2) is 0 Å². The molecule has 6 heteroatoms. The first-order chi connectivity index (χ1) is 10.3. The van der Waals surface area contributed by atoms with Gasteiger partial charge in [0, 0.05) is 51.1 Å². The second kappa shape index (κ2) is 8.44. The summed E-state index contributed by atoms with van der Waals surface area (Å²) in [4.78, 5) is 10.7. The maximum absolute atomic E-state index is 8.88. The van der Waals surface area contributed by atoms with E-state index in [4.69, 9.17) is 10.00 Å². The Bertz CT molecular complexity index is 475. The first kappa shape index (κ1) is 16.4. The molecule has 0 amide bonds. The predicted molar refractivity (Wildman–Crippen MR) is 84.4 cm³/mol. The van der Waals surface area contributed by atoms with Crippen molar-refractivity contribution in [1.29, 1.82) is 5.26 Å². The summed E-state index contributed by atoms with van der Waals surface area (Å²) < 4.78 is 5.17. The van der Waals surface area contributed by atoms with Crippen molar-refractivity contribution in [3.8, 4) is 6.07 Å². The van der Waals surface area contributed by atoms with Crippen LogP contribution < -0.4 is 0 Å². The first-order valence-corrected chi connectivity index (χ1v) is 8.36. The Morgan fingerprint density at radius 1 is 1.29 bits per heavy atom. The van der Waals surface area contributed by atoms with Crippen molar-refractivity contribution < 1.29 is 4.74 Å². The molecule has 1 aliphatic rings. The van der Waals surface area contributed by atoms with Crippen molar-refractivity contribution in [1.82, 2.24) is 14.8 Å². The topological polar surface area (TPSA) is 52.4 Å². The van der Waals surface area contributed by atoms with Gasteiger partial charge in [-0.25, -0.2) is 4.98 Å². The van der Waals surface area contributed by atoms with E-state index in [1.807, 2.05) is 0 Å². The van der Waals surface area contributed by atoms with Gasteiger partial charge in [0.15, 0.2) is 0 Å². The fourth-order valence-electron chi connectivity index (χ4n) is 2.59. The van der Waals surface area contributed by atoms with E-state index in [1.165, 1.54) is 13.1 Å². The van der Waals surface area contributed by atoms with Crippen LogP contribution >= 0.6 is 11.3 Å². The molecule has 2 heterocycles. The largest absolute Gasteiger partial charge is 0.378 e. The van der Waals surface area contributed by atoms with Crippen molar-refractivity contribution in [2.24, 2.45) is 0 Å². The lowest BCUT2D eigenvalue weighted by Gasteiger charge is -2.33. The van der Waals surface area contributed by atoms with Gasteiger partial charge in [-0.2, -0.15) is 5.26 Å². The van der Waals surface area contributed by atoms with Crippen molar-refractivity contribution in [2.45, 2.75) is 26.4 Å². The van der Waals surface area contributed by atoms with Gasteiger partial charge in [0.1, 0.15) is 0 Å². The molecule has 0 saturated carbocycles. The normalized spacial score (nSPS) is 17.0. The van der Waals surface area contributed by atoms with Gasteiger partial charge in [-0.05, 0) is 6.54 Å². The third kappa shape index (κ3) is 4.75. The van der Waals surface area contributed by atoms with E-state index in [1.54, 1.807) is 18.4 Å². The van der Waals surface area contributed by atoms with Crippen LogP contribution in [0.4, 0.5) is 0 Å². The van der Waals surface area contributed by atoms with Crippen LogP contribution in [0, 0.1) is 11.3 Å². The Morgan fingerprint density at radius 2 is 2.00 bits per heavy atom. The number of aromatic nitrogens is 1. The molecule has 1 aliphatic heterocycles. The van der Waals surface area contributed by atoms with Crippen LogP contribution in [0.2, 0.25) is 0 Å². The Kier molecular flexibility index (Phi) is 6.58. The Hall–Kier alpha value is -1.00. The molecule has 0 spiro atoms. The molecule has 5 nitrogen and oxygen atoms in total. The zero-order chi connectivity index (χ0) is 15.1. The lowest BCUT2D eigenvalue weighted by molar-refractivity contribution is 0.138. The van der Waals surface area contributed by atoms with Crippen molar-refractivity contribution in [3.05, 3.63) is 15.6 Å². The summed E-state index contributed by atoms with van der Waals surface area (Å²) in [6.45, 7) is 9.57. The third-order valence-electron chi connectivity index (χ3n) is 3.90. The van der Waals surface area contributed by atoms with Crippen LogP contribution in [0.3, 0.4) is 0 Å². The Balaban J connectivity index is 1.85. The fraction of sp³-hybridized carbons (Fsp3) is 0.733. The number of methoxy groups -OCH3 is 1. The maximum atomic E-state index is 8.88. The lowest BCUT2D eigenvalue weighted by Crippen LogP contribution is -2.46. The van der Waals surface area contributed by atoms with Gasteiger partial charge in [0.2, 0.25) is 0 Å². The average molecular weight is 308 g/mol. The number of hydrogen-bond donors (Lipinski definition) is 0. The van der Waals surface area contributed by atoms with E-state index in [0.29, 0.717) is 13.0 Å². The molecular weight excluding hydrogens is 284 g/mol. The molecule has 1 saturated heterocycles. The summed E-state index contributed by atoms with van der Waals surface area (Å²) in [6, 6.07) is 2.21. The zero-order valence-corrected chi connectivity index (χ0v) is 13.8. The molecule has 1 aromatic rings. The Morgan fingerprint density at radius 3 is 2.62 bits per heavy atom.